The Bertz CT molecular complexity index is 545. The van der Waals surface area contributed by atoms with E-state index in [0.29, 0.717) is 18.4 Å². The van der Waals surface area contributed by atoms with Gasteiger partial charge in [-0.05, 0) is 13.8 Å². The lowest BCUT2D eigenvalue weighted by atomic mass is 10.4. The molecule has 0 fully saturated rings. The molecule has 124 valence electrons. The molecule has 0 aromatic heterocycles. The lowest BCUT2D eigenvalue weighted by molar-refractivity contribution is -0.146. The van der Waals surface area contributed by atoms with Crippen molar-refractivity contribution in [3.8, 4) is 0 Å². The van der Waals surface area contributed by atoms with Crippen LogP contribution < -0.4 is 5.30 Å². The molecule has 0 radical (unpaired) electrons. The van der Waals surface area contributed by atoms with Gasteiger partial charge in [0, 0.05) is 18.4 Å². The van der Waals surface area contributed by atoms with Crippen molar-refractivity contribution in [3.63, 3.8) is 0 Å². The summed E-state index contributed by atoms with van der Waals surface area (Å²) in [5.41, 5.74) is 0. The van der Waals surface area contributed by atoms with Crippen LogP contribution >= 0.6 is 30.5 Å². The number of alkyl halides is 2. The summed E-state index contributed by atoms with van der Waals surface area (Å²) in [6, 6.07) is 8.61. The van der Waals surface area contributed by atoms with Gasteiger partial charge in [0.2, 0.25) is 7.29 Å². The molecule has 0 spiro atoms. The molecular formula is C15H22Cl2NO3P. The topological polar surface area (TPSA) is 46.6 Å². The van der Waals surface area contributed by atoms with Gasteiger partial charge in [-0.15, -0.1) is 0 Å². The third-order valence-corrected chi connectivity index (χ3v) is 8.19. The molecule has 1 unspecified atom stereocenters. The lowest BCUT2D eigenvalue weighted by Gasteiger charge is -2.36. The molecule has 1 aromatic rings. The number of ether oxygens (including phenoxy) is 1. The fourth-order valence-electron chi connectivity index (χ4n) is 2.16. The van der Waals surface area contributed by atoms with Gasteiger partial charge >= 0.3 is 5.97 Å². The maximum Gasteiger partial charge on any atom is 0.352 e. The number of carbonyl (C=O) groups excluding carboxylic acids is 1. The van der Waals surface area contributed by atoms with Crippen molar-refractivity contribution < 1.29 is 14.1 Å². The quantitative estimate of drug-likeness (QED) is 0.416. The fraction of sp³-hybridized carbons (Fsp3) is 0.533. The zero-order valence-corrected chi connectivity index (χ0v) is 15.7. The zero-order valence-electron chi connectivity index (χ0n) is 13.3. The van der Waals surface area contributed by atoms with E-state index in [-0.39, 0.29) is 0 Å². The third kappa shape index (κ3) is 3.68. The summed E-state index contributed by atoms with van der Waals surface area (Å²) in [6.45, 7) is 7.95. The molecule has 1 rings (SSSR count). The minimum absolute atomic E-state index is 0.398. The Morgan fingerprint density at radius 1 is 1.23 bits per heavy atom. The van der Waals surface area contributed by atoms with Gasteiger partial charge in [0.15, 0.2) is 0 Å². The number of benzene rings is 1. The molecule has 1 atom stereocenters. The van der Waals surface area contributed by atoms with Gasteiger partial charge in [0.05, 0.1) is 6.10 Å². The molecule has 7 heteroatoms. The van der Waals surface area contributed by atoms with Gasteiger partial charge in [-0.3, -0.25) is 4.57 Å². The highest BCUT2D eigenvalue weighted by atomic mass is 35.5. The van der Waals surface area contributed by atoms with Crippen molar-refractivity contribution in [2.75, 3.05) is 13.1 Å². The monoisotopic (exact) mass is 365 g/mol. The molecule has 0 aliphatic rings. The molecule has 0 amide bonds. The first-order valence-corrected chi connectivity index (χ1v) is 9.63. The molecule has 0 bridgehead atoms. The second-order valence-corrected chi connectivity index (χ2v) is 9.81. The van der Waals surface area contributed by atoms with E-state index in [9.17, 15) is 9.36 Å². The summed E-state index contributed by atoms with van der Waals surface area (Å²) in [5.74, 6) is -0.884. The van der Waals surface area contributed by atoms with Crippen LogP contribution in [0.3, 0.4) is 0 Å². The number of carbonyl (C=O) groups is 1. The van der Waals surface area contributed by atoms with Crippen LogP contribution in [-0.2, 0) is 14.1 Å². The van der Waals surface area contributed by atoms with Crippen LogP contribution in [0.1, 0.15) is 27.7 Å². The average molecular weight is 366 g/mol. The number of rotatable bonds is 7. The maximum absolute atomic E-state index is 13.8. The number of nitrogens with zero attached hydrogens (tertiary/aromatic N) is 1. The molecule has 0 aliphatic heterocycles. The van der Waals surface area contributed by atoms with Gasteiger partial charge < -0.3 is 4.74 Å². The van der Waals surface area contributed by atoms with Gasteiger partial charge in [-0.2, -0.15) is 0 Å². The van der Waals surface area contributed by atoms with E-state index in [2.05, 4.69) is 0 Å². The summed E-state index contributed by atoms with van der Waals surface area (Å²) in [6.07, 6.45) is -0.398. The summed E-state index contributed by atoms with van der Waals surface area (Å²) in [5, 5.41) is 0.435. The highest BCUT2D eigenvalue weighted by Crippen LogP contribution is 2.64. The van der Waals surface area contributed by atoms with Crippen LogP contribution in [0.15, 0.2) is 30.3 Å². The summed E-state index contributed by atoms with van der Waals surface area (Å²) in [7, 11) is -3.61. The predicted molar refractivity (Wildman–Crippen MR) is 92.3 cm³/mol. The number of halogens is 2. The number of esters is 1. The van der Waals surface area contributed by atoms with Crippen LogP contribution in [0.5, 0.6) is 0 Å². The van der Waals surface area contributed by atoms with Crippen molar-refractivity contribution in [1.29, 1.82) is 0 Å². The van der Waals surface area contributed by atoms with E-state index >= 15 is 0 Å². The Labute approximate surface area is 142 Å². The van der Waals surface area contributed by atoms with Crippen LogP contribution in [0.25, 0.3) is 0 Å². The molecular weight excluding hydrogens is 344 g/mol. The zero-order chi connectivity index (χ0) is 17.0. The van der Waals surface area contributed by atoms with Crippen molar-refractivity contribution >= 4 is 41.8 Å². The van der Waals surface area contributed by atoms with Crippen molar-refractivity contribution in [3.05, 3.63) is 30.3 Å². The van der Waals surface area contributed by atoms with Gasteiger partial charge in [0.1, 0.15) is 0 Å². The lowest BCUT2D eigenvalue weighted by Crippen LogP contribution is -2.41. The van der Waals surface area contributed by atoms with E-state index < -0.39 is 23.4 Å². The second-order valence-electron chi connectivity index (χ2n) is 5.05. The van der Waals surface area contributed by atoms with Crippen molar-refractivity contribution in [1.82, 2.24) is 4.67 Å². The normalized spacial score (nSPS) is 14.9. The van der Waals surface area contributed by atoms with E-state index in [1.54, 1.807) is 48.8 Å². The first-order chi connectivity index (χ1) is 10.2. The Hall–Kier alpha value is -0.540. The van der Waals surface area contributed by atoms with E-state index in [1.807, 2.05) is 13.8 Å². The van der Waals surface area contributed by atoms with Crippen molar-refractivity contribution in [2.24, 2.45) is 0 Å². The Balaban J connectivity index is 3.44. The minimum Gasteiger partial charge on any atom is -0.460 e. The molecule has 22 heavy (non-hydrogen) atoms. The fourth-order valence-corrected chi connectivity index (χ4v) is 6.16. The third-order valence-electron chi connectivity index (χ3n) is 3.20. The van der Waals surface area contributed by atoms with Gasteiger partial charge in [0.25, 0.3) is 4.07 Å². The Kier molecular flexibility index (Phi) is 6.94. The van der Waals surface area contributed by atoms with E-state index in [4.69, 9.17) is 27.9 Å². The number of hydrogen-bond acceptors (Lipinski definition) is 3. The summed E-state index contributed by atoms with van der Waals surface area (Å²) in [4.78, 5) is 12.3. The molecule has 4 nitrogen and oxygen atoms in total. The van der Waals surface area contributed by atoms with E-state index in [1.165, 1.54) is 0 Å². The average Bonchev–Trinajstić information content (AvgIpc) is 2.48. The molecule has 0 aliphatic carbocycles. The summed E-state index contributed by atoms with van der Waals surface area (Å²) >= 11 is 12.6. The Morgan fingerprint density at radius 2 is 1.73 bits per heavy atom. The molecule has 0 saturated heterocycles. The Morgan fingerprint density at radius 3 is 2.14 bits per heavy atom. The maximum atomic E-state index is 13.8. The molecule has 0 N–H and O–H groups in total. The smallest absolute Gasteiger partial charge is 0.352 e. The predicted octanol–water partition coefficient (Wildman–Crippen LogP) is 4.01. The largest absolute Gasteiger partial charge is 0.460 e. The van der Waals surface area contributed by atoms with Gasteiger partial charge in [-0.25, -0.2) is 9.46 Å². The van der Waals surface area contributed by atoms with Crippen LogP contribution in [0.2, 0.25) is 0 Å². The standard InChI is InChI=1S/C15H22Cl2NO3P/c1-5-18(6-2)22(20,13-10-8-7-9-11-13)15(16,17)14(19)21-12(3)4/h7-12H,5-6H2,1-4H3. The highest BCUT2D eigenvalue weighted by molar-refractivity contribution is 7.75. The highest BCUT2D eigenvalue weighted by Gasteiger charge is 2.57. The van der Waals surface area contributed by atoms with Crippen molar-refractivity contribution in [2.45, 2.75) is 37.9 Å². The SMILES string of the molecule is CCN(CC)P(=O)(c1ccccc1)C(Cl)(Cl)C(=O)OC(C)C. The minimum atomic E-state index is -3.61. The molecule has 0 heterocycles. The van der Waals surface area contributed by atoms with E-state index in [0.717, 1.165) is 0 Å². The van der Waals surface area contributed by atoms with Crippen LogP contribution in [0.4, 0.5) is 0 Å². The van der Waals surface area contributed by atoms with Crippen LogP contribution in [0, 0.1) is 0 Å². The van der Waals surface area contributed by atoms with Crippen LogP contribution in [-0.4, -0.2) is 33.9 Å². The molecule has 1 aromatic carbocycles. The number of hydrogen-bond donors (Lipinski definition) is 0. The molecule has 0 saturated carbocycles. The van der Waals surface area contributed by atoms with Gasteiger partial charge in [-0.1, -0.05) is 67.4 Å². The summed E-state index contributed by atoms with van der Waals surface area (Å²) < 4.78 is 18.4. The second kappa shape index (κ2) is 7.83. The first-order valence-electron chi connectivity index (χ1n) is 7.21. The first kappa shape index (κ1) is 19.5.